The molecule has 90 valence electrons. The molecule has 0 aliphatic carbocycles. The van der Waals surface area contributed by atoms with Gasteiger partial charge in [0, 0.05) is 11.3 Å². The van der Waals surface area contributed by atoms with E-state index in [-0.39, 0.29) is 17.2 Å². The predicted molar refractivity (Wildman–Crippen MR) is 63.0 cm³/mol. The Morgan fingerprint density at radius 3 is 2.82 bits per heavy atom. The van der Waals surface area contributed by atoms with Crippen LogP contribution in [0.5, 0.6) is 0 Å². The SMILES string of the molecule is Cc1c(F)cccc1Nc1nnc(C(C)Cl)o1. The lowest BCUT2D eigenvalue weighted by molar-refractivity contribution is 0.509. The van der Waals surface area contributed by atoms with E-state index in [1.165, 1.54) is 6.07 Å². The molecule has 0 fully saturated rings. The molecular formula is C11H11ClFN3O. The normalized spacial score (nSPS) is 12.5. The number of aromatic nitrogens is 2. The van der Waals surface area contributed by atoms with Gasteiger partial charge in [0.1, 0.15) is 11.2 Å². The topological polar surface area (TPSA) is 51.0 Å². The minimum Gasteiger partial charge on any atom is -0.406 e. The molecule has 0 aliphatic heterocycles. The van der Waals surface area contributed by atoms with E-state index in [0.29, 0.717) is 17.1 Å². The largest absolute Gasteiger partial charge is 0.406 e. The Bertz CT molecular complexity index is 527. The van der Waals surface area contributed by atoms with Crippen LogP contribution in [-0.2, 0) is 0 Å². The van der Waals surface area contributed by atoms with Crippen LogP contribution in [0.1, 0.15) is 23.8 Å². The van der Waals surface area contributed by atoms with E-state index < -0.39 is 0 Å². The van der Waals surface area contributed by atoms with Crippen molar-refractivity contribution in [1.29, 1.82) is 0 Å². The van der Waals surface area contributed by atoms with E-state index in [4.69, 9.17) is 16.0 Å². The van der Waals surface area contributed by atoms with Gasteiger partial charge in [0.15, 0.2) is 0 Å². The molecule has 4 nitrogen and oxygen atoms in total. The molecule has 1 aromatic carbocycles. The molecule has 2 rings (SSSR count). The third kappa shape index (κ3) is 2.55. The molecule has 6 heteroatoms. The number of nitrogens with one attached hydrogen (secondary N) is 1. The van der Waals surface area contributed by atoms with Crippen molar-refractivity contribution in [2.45, 2.75) is 19.2 Å². The molecule has 2 aromatic rings. The second-order valence-corrected chi connectivity index (χ2v) is 4.25. The van der Waals surface area contributed by atoms with Crippen molar-refractivity contribution in [3.05, 3.63) is 35.5 Å². The summed E-state index contributed by atoms with van der Waals surface area (Å²) in [5, 5.41) is 10.0. The van der Waals surface area contributed by atoms with Gasteiger partial charge in [0.2, 0.25) is 5.89 Å². The van der Waals surface area contributed by atoms with Crippen LogP contribution < -0.4 is 5.32 Å². The fraction of sp³-hybridized carbons (Fsp3) is 0.273. The summed E-state index contributed by atoms with van der Waals surface area (Å²) < 4.78 is 18.5. The van der Waals surface area contributed by atoms with Gasteiger partial charge >= 0.3 is 6.01 Å². The van der Waals surface area contributed by atoms with Crippen molar-refractivity contribution >= 4 is 23.3 Å². The Morgan fingerprint density at radius 1 is 1.41 bits per heavy atom. The summed E-state index contributed by atoms with van der Waals surface area (Å²) in [6.45, 7) is 3.39. The lowest BCUT2D eigenvalue weighted by atomic mass is 10.2. The van der Waals surface area contributed by atoms with Crippen molar-refractivity contribution in [3.63, 3.8) is 0 Å². The Balaban J connectivity index is 2.22. The average Bonchev–Trinajstić information content (AvgIpc) is 2.73. The van der Waals surface area contributed by atoms with Gasteiger partial charge in [-0.1, -0.05) is 11.2 Å². The van der Waals surface area contributed by atoms with Gasteiger partial charge in [-0.2, -0.15) is 0 Å². The van der Waals surface area contributed by atoms with Crippen LogP contribution in [0.15, 0.2) is 22.6 Å². The highest BCUT2D eigenvalue weighted by Gasteiger charge is 2.12. The van der Waals surface area contributed by atoms with E-state index >= 15 is 0 Å². The smallest absolute Gasteiger partial charge is 0.320 e. The van der Waals surface area contributed by atoms with Crippen molar-refractivity contribution in [2.75, 3.05) is 5.32 Å². The third-order valence-electron chi connectivity index (χ3n) is 2.29. The number of nitrogens with zero attached hydrogens (tertiary/aromatic N) is 2. The average molecular weight is 256 g/mol. The lowest BCUT2D eigenvalue weighted by Gasteiger charge is -2.05. The van der Waals surface area contributed by atoms with Crippen molar-refractivity contribution in [3.8, 4) is 0 Å². The highest BCUT2D eigenvalue weighted by Crippen LogP contribution is 2.24. The second-order valence-electron chi connectivity index (χ2n) is 3.60. The Morgan fingerprint density at radius 2 is 2.18 bits per heavy atom. The molecule has 1 N–H and O–H groups in total. The predicted octanol–water partition coefficient (Wildman–Crippen LogP) is 3.56. The minimum atomic E-state index is -0.355. The first kappa shape index (κ1) is 11.9. The first-order valence-electron chi connectivity index (χ1n) is 5.07. The first-order chi connectivity index (χ1) is 8.08. The van der Waals surface area contributed by atoms with Gasteiger partial charge < -0.3 is 9.73 Å². The molecule has 0 saturated carbocycles. The van der Waals surface area contributed by atoms with Crippen LogP contribution in [0.4, 0.5) is 16.1 Å². The van der Waals surface area contributed by atoms with Crippen LogP contribution in [0.3, 0.4) is 0 Å². The number of alkyl halides is 1. The van der Waals surface area contributed by atoms with E-state index in [9.17, 15) is 4.39 Å². The van der Waals surface area contributed by atoms with Gasteiger partial charge in [0.25, 0.3) is 0 Å². The van der Waals surface area contributed by atoms with Crippen LogP contribution in [0.2, 0.25) is 0 Å². The van der Waals surface area contributed by atoms with E-state index in [1.54, 1.807) is 26.0 Å². The first-order valence-corrected chi connectivity index (χ1v) is 5.51. The molecule has 0 spiro atoms. The number of halogens is 2. The van der Waals surface area contributed by atoms with Crippen LogP contribution in [0.25, 0.3) is 0 Å². The summed E-state index contributed by atoms with van der Waals surface area (Å²) in [5.74, 6) is 0.0312. The molecule has 0 bridgehead atoms. The summed E-state index contributed by atoms with van der Waals surface area (Å²) in [5.41, 5.74) is 1.08. The summed E-state index contributed by atoms with van der Waals surface area (Å²) in [7, 11) is 0. The second kappa shape index (κ2) is 4.71. The van der Waals surface area contributed by atoms with Gasteiger partial charge in [0.05, 0.1) is 0 Å². The molecule has 1 atom stereocenters. The highest BCUT2D eigenvalue weighted by molar-refractivity contribution is 6.20. The molecule has 1 unspecified atom stereocenters. The van der Waals surface area contributed by atoms with Crippen molar-refractivity contribution < 1.29 is 8.81 Å². The molecule has 0 aliphatic rings. The summed E-state index contributed by atoms with van der Waals surface area (Å²) in [4.78, 5) is 0. The van der Waals surface area contributed by atoms with Crippen LogP contribution in [0, 0.1) is 12.7 Å². The fourth-order valence-corrected chi connectivity index (χ4v) is 1.39. The van der Waals surface area contributed by atoms with Crippen LogP contribution >= 0.6 is 11.6 Å². The Hall–Kier alpha value is -1.62. The van der Waals surface area contributed by atoms with Gasteiger partial charge in [-0.25, -0.2) is 4.39 Å². The van der Waals surface area contributed by atoms with E-state index in [0.717, 1.165) is 0 Å². The monoisotopic (exact) mass is 255 g/mol. The molecular weight excluding hydrogens is 245 g/mol. The highest BCUT2D eigenvalue weighted by atomic mass is 35.5. The fourth-order valence-electron chi connectivity index (χ4n) is 1.30. The number of hydrogen-bond donors (Lipinski definition) is 1. The van der Waals surface area contributed by atoms with Gasteiger partial charge in [-0.15, -0.1) is 16.7 Å². The zero-order valence-corrected chi connectivity index (χ0v) is 10.1. The maximum Gasteiger partial charge on any atom is 0.320 e. The van der Waals surface area contributed by atoms with Gasteiger partial charge in [-0.05, 0) is 26.0 Å². The Labute approximate surface area is 103 Å². The maximum absolute atomic E-state index is 13.3. The minimum absolute atomic E-state index is 0.196. The zero-order valence-electron chi connectivity index (χ0n) is 9.37. The number of rotatable bonds is 3. The van der Waals surface area contributed by atoms with Gasteiger partial charge in [-0.3, -0.25) is 0 Å². The molecule has 0 amide bonds. The van der Waals surface area contributed by atoms with Crippen LogP contribution in [-0.4, -0.2) is 10.2 Å². The van der Waals surface area contributed by atoms with E-state index in [1.807, 2.05) is 0 Å². The van der Waals surface area contributed by atoms with E-state index in [2.05, 4.69) is 15.5 Å². The molecule has 1 heterocycles. The number of anilines is 2. The molecule has 17 heavy (non-hydrogen) atoms. The Kier molecular flexibility index (Phi) is 3.28. The number of hydrogen-bond acceptors (Lipinski definition) is 4. The standard InChI is InChI=1S/C11H11ClFN3O/c1-6-8(13)4-3-5-9(6)14-11-16-15-10(17-11)7(2)12/h3-5,7H,1-2H3,(H,14,16). The summed E-state index contributed by atoms with van der Waals surface area (Å²) >= 11 is 5.79. The summed E-state index contributed by atoms with van der Waals surface area (Å²) in [6, 6.07) is 4.92. The molecule has 0 saturated heterocycles. The van der Waals surface area contributed by atoms with Crippen molar-refractivity contribution in [1.82, 2.24) is 10.2 Å². The third-order valence-corrected chi connectivity index (χ3v) is 2.48. The van der Waals surface area contributed by atoms with Crippen molar-refractivity contribution in [2.24, 2.45) is 0 Å². The molecule has 0 radical (unpaired) electrons. The summed E-state index contributed by atoms with van der Waals surface area (Å²) in [6.07, 6.45) is 0. The molecule has 1 aromatic heterocycles. The lowest BCUT2D eigenvalue weighted by Crippen LogP contribution is -1.95. The zero-order chi connectivity index (χ0) is 12.4. The number of benzene rings is 1. The maximum atomic E-state index is 13.3. The quantitative estimate of drug-likeness (QED) is 0.852.